The van der Waals surface area contributed by atoms with Crippen LogP contribution in [0.25, 0.3) is 0 Å². The summed E-state index contributed by atoms with van der Waals surface area (Å²) in [6, 6.07) is 0. The van der Waals surface area contributed by atoms with E-state index in [9.17, 15) is 4.79 Å². The molecule has 2 aromatic rings. The molecule has 7 nitrogen and oxygen atoms in total. The highest BCUT2D eigenvalue weighted by Crippen LogP contribution is 2.32. The molecule has 0 bridgehead atoms. The molecular weight excluding hydrogens is 310 g/mol. The first-order valence-corrected chi connectivity index (χ1v) is 8.72. The molecule has 1 aliphatic rings. The lowest BCUT2D eigenvalue weighted by molar-refractivity contribution is -0.116. The summed E-state index contributed by atoms with van der Waals surface area (Å²) in [6.45, 7) is 0.688. The van der Waals surface area contributed by atoms with Crippen molar-refractivity contribution in [1.29, 1.82) is 0 Å². The van der Waals surface area contributed by atoms with Crippen LogP contribution in [0.4, 0.5) is 5.69 Å². The fraction of sp³-hybridized carbons (Fsp3) is 0.500. The lowest BCUT2D eigenvalue weighted by Gasteiger charge is -2.13. The Hall–Kier alpha value is -1.48. The summed E-state index contributed by atoms with van der Waals surface area (Å²) < 4.78 is 7.20. The van der Waals surface area contributed by atoms with Crippen molar-refractivity contribution in [3.05, 3.63) is 18.3 Å². The minimum atomic E-state index is -0.173. The van der Waals surface area contributed by atoms with Gasteiger partial charge in [-0.25, -0.2) is 0 Å². The molecule has 21 heavy (non-hydrogen) atoms. The molecule has 1 aliphatic heterocycles. The molecule has 0 aromatic carbocycles. The zero-order chi connectivity index (χ0) is 14.8. The average molecular weight is 325 g/mol. The number of rotatable bonds is 5. The maximum Gasteiger partial charge on any atom is 0.277 e. The van der Waals surface area contributed by atoms with Crippen LogP contribution in [-0.2, 0) is 17.6 Å². The van der Waals surface area contributed by atoms with Crippen LogP contribution < -0.4 is 4.90 Å². The third kappa shape index (κ3) is 3.08. The number of anilines is 1. The maximum atomic E-state index is 12.4. The van der Waals surface area contributed by atoms with Crippen LogP contribution in [0.1, 0.15) is 12.3 Å². The summed E-state index contributed by atoms with van der Waals surface area (Å²) in [5, 5.41) is 12.3. The number of nitrogens with zero attached hydrogens (tertiary/aromatic N) is 5. The van der Waals surface area contributed by atoms with E-state index in [0.29, 0.717) is 23.4 Å². The molecule has 3 rings (SSSR count). The minimum Gasteiger partial charge on any atom is -0.415 e. The van der Waals surface area contributed by atoms with Crippen molar-refractivity contribution in [2.24, 2.45) is 7.05 Å². The molecule has 2 aromatic heterocycles. The Balaban J connectivity index is 1.66. The Bertz CT molecular complexity index is 641. The number of hydrogen-bond donors (Lipinski definition) is 0. The topological polar surface area (TPSA) is 77.1 Å². The SMILES string of the molecule is CSCc1nnc(S[C@@H]2CCN(c3cnn(C)c3)C2=O)o1. The van der Waals surface area contributed by atoms with Crippen LogP contribution in [0, 0.1) is 0 Å². The molecule has 1 amide bonds. The Kier molecular flexibility index (Phi) is 4.20. The lowest BCUT2D eigenvalue weighted by Crippen LogP contribution is -2.27. The average Bonchev–Trinajstić information content (AvgIpc) is 3.14. The highest BCUT2D eigenvalue weighted by molar-refractivity contribution is 8.00. The second-order valence-electron chi connectivity index (χ2n) is 4.65. The van der Waals surface area contributed by atoms with E-state index in [4.69, 9.17) is 4.42 Å². The summed E-state index contributed by atoms with van der Waals surface area (Å²) in [5.74, 6) is 1.35. The molecule has 0 spiro atoms. The molecule has 1 fully saturated rings. The highest BCUT2D eigenvalue weighted by atomic mass is 32.2. The second kappa shape index (κ2) is 6.10. The highest BCUT2D eigenvalue weighted by Gasteiger charge is 2.35. The molecule has 112 valence electrons. The Morgan fingerprint density at radius 1 is 1.48 bits per heavy atom. The standard InChI is InChI=1S/C12H15N5O2S2/c1-16-6-8(5-13-16)17-4-3-9(11(17)18)21-12-15-14-10(19-12)7-20-2/h5-6,9H,3-4,7H2,1-2H3/t9-/m1/s1. The number of carbonyl (C=O) groups excluding carboxylic acids is 1. The van der Waals surface area contributed by atoms with Crippen LogP contribution in [0.15, 0.2) is 22.0 Å². The summed E-state index contributed by atoms with van der Waals surface area (Å²) in [4.78, 5) is 14.2. The first-order chi connectivity index (χ1) is 10.2. The van der Waals surface area contributed by atoms with Gasteiger partial charge in [0.15, 0.2) is 0 Å². The number of hydrogen-bond acceptors (Lipinski definition) is 7. The molecule has 0 unspecified atom stereocenters. The van der Waals surface area contributed by atoms with E-state index >= 15 is 0 Å². The van der Waals surface area contributed by atoms with Gasteiger partial charge in [0.2, 0.25) is 11.8 Å². The van der Waals surface area contributed by atoms with E-state index in [1.54, 1.807) is 27.5 Å². The largest absolute Gasteiger partial charge is 0.415 e. The normalized spacial score (nSPS) is 18.7. The van der Waals surface area contributed by atoms with Gasteiger partial charge in [0.25, 0.3) is 5.22 Å². The van der Waals surface area contributed by atoms with Crippen LogP contribution in [0.5, 0.6) is 0 Å². The maximum absolute atomic E-state index is 12.4. The Morgan fingerprint density at radius 2 is 2.33 bits per heavy atom. The molecule has 9 heteroatoms. The Morgan fingerprint density at radius 3 is 3.05 bits per heavy atom. The number of aryl methyl sites for hydroxylation is 1. The van der Waals surface area contributed by atoms with Crippen molar-refractivity contribution < 1.29 is 9.21 Å². The molecule has 0 radical (unpaired) electrons. The first-order valence-electron chi connectivity index (χ1n) is 6.45. The van der Waals surface area contributed by atoms with Crippen LogP contribution in [0.3, 0.4) is 0 Å². The van der Waals surface area contributed by atoms with E-state index in [2.05, 4.69) is 15.3 Å². The zero-order valence-electron chi connectivity index (χ0n) is 11.7. The quantitative estimate of drug-likeness (QED) is 0.825. The second-order valence-corrected chi connectivity index (χ2v) is 6.67. The first kappa shape index (κ1) is 14.5. The predicted molar refractivity (Wildman–Crippen MR) is 81.3 cm³/mol. The summed E-state index contributed by atoms with van der Waals surface area (Å²) in [5.41, 5.74) is 0.833. The van der Waals surface area contributed by atoms with Crippen molar-refractivity contribution in [2.45, 2.75) is 22.6 Å². The Labute approximate surface area is 130 Å². The third-order valence-corrected chi connectivity index (χ3v) is 4.74. The summed E-state index contributed by atoms with van der Waals surface area (Å²) >= 11 is 2.96. The minimum absolute atomic E-state index is 0.0672. The molecule has 0 N–H and O–H groups in total. The molecule has 0 aliphatic carbocycles. The van der Waals surface area contributed by atoms with Gasteiger partial charge in [-0.3, -0.25) is 9.48 Å². The van der Waals surface area contributed by atoms with Gasteiger partial charge in [0.1, 0.15) is 0 Å². The summed E-state index contributed by atoms with van der Waals surface area (Å²) in [7, 11) is 1.84. The molecule has 0 saturated carbocycles. The van der Waals surface area contributed by atoms with Gasteiger partial charge in [-0.05, 0) is 12.7 Å². The molecule has 1 saturated heterocycles. The van der Waals surface area contributed by atoms with Gasteiger partial charge >= 0.3 is 0 Å². The van der Waals surface area contributed by atoms with E-state index in [0.717, 1.165) is 12.1 Å². The fourth-order valence-corrected chi connectivity index (χ4v) is 3.45. The predicted octanol–water partition coefficient (Wildman–Crippen LogP) is 1.56. The van der Waals surface area contributed by atoms with E-state index < -0.39 is 0 Å². The van der Waals surface area contributed by atoms with Crippen LogP contribution in [0.2, 0.25) is 0 Å². The molecular formula is C12H15N5O2S2. The van der Waals surface area contributed by atoms with E-state index in [1.807, 2.05) is 19.5 Å². The number of carbonyl (C=O) groups is 1. The van der Waals surface area contributed by atoms with Crippen molar-refractivity contribution in [1.82, 2.24) is 20.0 Å². The smallest absolute Gasteiger partial charge is 0.277 e. The van der Waals surface area contributed by atoms with Crippen molar-refractivity contribution in [3.63, 3.8) is 0 Å². The van der Waals surface area contributed by atoms with Crippen molar-refractivity contribution >= 4 is 35.1 Å². The number of aromatic nitrogens is 4. The lowest BCUT2D eigenvalue weighted by atomic mass is 10.4. The van der Waals surface area contributed by atoms with Crippen LogP contribution in [-0.4, -0.2) is 43.9 Å². The molecule has 1 atom stereocenters. The molecule has 3 heterocycles. The van der Waals surface area contributed by atoms with Gasteiger partial charge < -0.3 is 9.32 Å². The van der Waals surface area contributed by atoms with Crippen molar-refractivity contribution in [2.75, 3.05) is 17.7 Å². The monoisotopic (exact) mass is 325 g/mol. The summed E-state index contributed by atoms with van der Waals surface area (Å²) in [6.07, 6.45) is 6.28. The van der Waals surface area contributed by atoms with Gasteiger partial charge in [-0.15, -0.1) is 10.2 Å². The number of thioether (sulfide) groups is 2. The van der Waals surface area contributed by atoms with Crippen LogP contribution >= 0.6 is 23.5 Å². The van der Waals surface area contributed by atoms with Gasteiger partial charge in [-0.2, -0.15) is 16.9 Å². The fourth-order valence-electron chi connectivity index (χ4n) is 2.16. The van der Waals surface area contributed by atoms with Gasteiger partial charge in [0.05, 0.1) is 22.9 Å². The third-order valence-electron chi connectivity index (χ3n) is 3.12. The van der Waals surface area contributed by atoms with E-state index in [-0.39, 0.29) is 11.2 Å². The van der Waals surface area contributed by atoms with Gasteiger partial charge in [-0.1, -0.05) is 11.8 Å². The zero-order valence-corrected chi connectivity index (χ0v) is 13.4. The van der Waals surface area contributed by atoms with Crippen molar-refractivity contribution in [3.8, 4) is 0 Å². The van der Waals surface area contributed by atoms with Gasteiger partial charge in [0, 0.05) is 19.8 Å². The van der Waals surface area contributed by atoms with E-state index in [1.165, 1.54) is 11.8 Å². The number of amides is 1.